The number of hydrogen-bond donors (Lipinski definition) is 1. The van der Waals surface area contributed by atoms with Gasteiger partial charge in [0, 0.05) is 13.1 Å². The second kappa shape index (κ2) is 5.62. The van der Waals surface area contributed by atoms with Crippen molar-refractivity contribution < 1.29 is 5.11 Å². The maximum atomic E-state index is 9.61. The fourth-order valence-electron chi connectivity index (χ4n) is 2.98. The van der Waals surface area contributed by atoms with Crippen LogP contribution in [0.15, 0.2) is 42.5 Å². The van der Waals surface area contributed by atoms with Gasteiger partial charge in [0.05, 0.1) is 12.2 Å². The molecule has 0 spiro atoms. The van der Waals surface area contributed by atoms with Crippen LogP contribution in [-0.4, -0.2) is 29.2 Å². The Morgan fingerprint density at radius 3 is 2.55 bits per heavy atom. The molecule has 0 bridgehead atoms. The molecule has 1 fully saturated rings. The van der Waals surface area contributed by atoms with Gasteiger partial charge in [-0.2, -0.15) is 5.26 Å². The largest absolute Gasteiger partial charge is 0.393 e. The predicted molar refractivity (Wildman–Crippen MR) is 79.1 cm³/mol. The summed E-state index contributed by atoms with van der Waals surface area (Å²) in [7, 11) is 0. The molecule has 1 aliphatic heterocycles. The lowest BCUT2D eigenvalue weighted by atomic mass is 9.96. The molecule has 2 aromatic carbocycles. The summed E-state index contributed by atoms with van der Waals surface area (Å²) in [5, 5.41) is 21.5. The van der Waals surface area contributed by atoms with E-state index in [1.54, 1.807) is 0 Å². The second-order valence-electron chi connectivity index (χ2n) is 5.37. The SMILES string of the molecule is N#CC(c1cccc2ccccc12)N1CCC(O)CC1. The van der Waals surface area contributed by atoms with Crippen LogP contribution < -0.4 is 0 Å². The Bertz CT molecular complexity index is 633. The van der Waals surface area contributed by atoms with Crippen molar-refractivity contribution in [2.45, 2.75) is 25.0 Å². The number of nitrogens with zero attached hydrogens (tertiary/aromatic N) is 2. The van der Waals surface area contributed by atoms with Crippen LogP contribution in [0.3, 0.4) is 0 Å². The number of nitriles is 1. The molecule has 1 aliphatic rings. The highest BCUT2D eigenvalue weighted by Gasteiger charge is 2.26. The van der Waals surface area contributed by atoms with E-state index in [1.165, 1.54) is 5.39 Å². The minimum atomic E-state index is -0.228. The topological polar surface area (TPSA) is 47.3 Å². The van der Waals surface area contributed by atoms with E-state index < -0.39 is 0 Å². The standard InChI is InChI=1S/C17H18N2O/c18-12-17(19-10-8-14(20)9-11-19)16-7-3-5-13-4-1-2-6-15(13)16/h1-7,14,17,20H,8-11H2. The third kappa shape index (κ3) is 2.40. The van der Waals surface area contributed by atoms with Crippen molar-refractivity contribution in [3.8, 4) is 6.07 Å². The molecule has 0 aliphatic carbocycles. The van der Waals surface area contributed by atoms with Crippen molar-refractivity contribution >= 4 is 10.8 Å². The van der Waals surface area contributed by atoms with Gasteiger partial charge in [0.25, 0.3) is 0 Å². The average Bonchev–Trinajstić information content (AvgIpc) is 2.50. The molecule has 0 amide bonds. The van der Waals surface area contributed by atoms with Gasteiger partial charge in [-0.25, -0.2) is 0 Å². The first-order valence-corrected chi connectivity index (χ1v) is 7.09. The van der Waals surface area contributed by atoms with E-state index in [-0.39, 0.29) is 12.1 Å². The molecule has 0 radical (unpaired) electrons. The van der Waals surface area contributed by atoms with Crippen LogP contribution in [0.25, 0.3) is 10.8 Å². The van der Waals surface area contributed by atoms with Crippen molar-refractivity contribution in [1.29, 1.82) is 5.26 Å². The van der Waals surface area contributed by atoms with Crippen LogP contribution in [0.2, 0.25) is 0 Å². The number of aliphatic hydroxyl groups is 1. The van der Waals surface area contributed by atoms with Crippen molar-refractivity contribution in [2.24, 2.45) is 0 Å². The second-order valence-corrected chi connectivity index (χ2v) is 5.37. The van der Waals surface area contributed by atoms with E-state index in [0.717, 1.165) is 36.9 Å². The first kappa shape index (κ1) is 13.1. The van der Waals surface area contributed by atoms with Gasteiger partial charge in [-0.15, -0.1) is 0 Å². The van der Waals surface area contributed by atoms with Crippen molar-refractivity contribution in [2.75, 3.05) is 13.1 Å². The van der Waals surface area contributed by atoms with Crippen LogP contribution in [0.1, 0.15) is 24.4 Å². The first-order chi connectivity index (χ1) is 9.79. The Morgan fingerprint density at radius 1 is 1.10 bits per heavy atom. The van der Waals surface area contributed by atoms with Crippen LogP contribution in [0.4, 0.5) is 0 Å². The molecule has 1 unspecified atom stereocenters. The first-order valence-electron chi connectivity index (χ1n) is 7.09. The fourth-order valence-corrected chi connectivity index (χ4v) is 2.98. The molecule has 3 nitrogen and oxygen atoms in total. The highest BCUT2D eigenvalue weighted by atomic mass is 16.3. The fraction of sp³-hybridized carbons (Fsp3) is 0.353. The minimum absolute atomic E-state index is 0.210. The zero-order chi connectivity index (χ0) is 13.9. The van der Waals surface area contributed by atoms with Gasteiger partial charge in [-0.1, -0.05) is 42.5 Å². The van der Waals surface area contributed by atoms with E-state index in [0.29, 0.717) is 0 Å². The molecule has 1 heterocycles. The van der Waals surface area contributed by atoms with E-state index in [1.807, 2.05) is 24.3 Å². The van der Waals surface area contributed by atoms with Gasteiger partial charge >= 0.3 is 0 Å². The molecule has 2 aromatic rings. The normalized spacial score (nSPS) is 18.8. The van der Waals surface area contributed by atoms with Gasteiger partial charge in [0.15, 0.2) is 0 Å². The number of likely N-dealkylation sites (tertiary alicyclic amines) is 1. The number of aliphatic hydroxyl groups excluding tert-OH is 1. The number of hydrogen-bond acceptors (Lipinski definition) is 3. The molecular formula is C17H18N2O. The lowest BCUT2D eigenvalue weighted by Crippen LogP contribution is -2.38. The summed E-state index contributed by atoms with van der Waals surface area (Å²) in [5.41, 5.74) is 1.07. The molecule has 3 heteroatoms. The zero-order valence-electron chi connectivity index (χ0n) is 11.4. The third-order valence-electron chi connectivity index (χ3n) is 4.10. The van der Waals surface area contributed by atoms with E-state index in [9.17, 15) is 10.4 Å². The van der Waals surface area contributed by atoms with E-state index in [4.69, 9.17) is 0 Å². The van der Waals surface area contributed by atoms with Crippen molar-refractivity contribution in [3.63, 3.8) is 0 Å². The summed E-state index contributed by atoms with van der Waals surface area (Å²) in [6.07, 6.45) is 1.30. The Morgan fingerprint density at radius 2 is 1.80 bits per heavy atom. The Kier molecular flexibility index (Phi) is 3.68. The summed E-state index contributed by atoms with van der Waals surface area (Å²) in [6, 6.07) is 16.5. The highest BCUT2D eigenvalue weighted by Crippen LogP contribution is 2.29. The average molecular weight is 266 g/mol. The Hall–Kier alpha value is -1.89. The summed E-state index contributed by atoms with van der Waals surface area (Å²) < 4.78 is 0. The maximum Gasteiger partial charge on any atom is 0.124 e. The van der Waals surface area contributed by atoms with Gasteiger partial charge in [-0.3, -0.25) is 4.90 Å². The molecule has 1 saturated heterocycles. The molecule has 1 atom stereocenters. The molecule has 0 aromatic heterocycles. The van der Waals surface area contributed by atoms with Crippen molar-refractivity contribution in [3.05, 3.63) is 48.0 Å². The lowest BCUT2D eigenvalue weighted by molar-refractivity contribution is 0.0719. The number of rotatable bonds is 2. The highest BCUT2D eigenvalue weighted by molar-refractivity contribution is 5.86. The van der Waals surface area contributed by atoms with E-state index in [2.05, 4.69) is 29.2 Å². The van der Waals surface area contributed by atoms with Gasteiger partial charge in [-0.05, 0) is 29.2 Å². The predicted octanol–water partition coefficient (Wildman–Crippen LogP) is 2.86. The summed E-state index contributed by atoms with van der Waals surface area (Å²) >= 11 is 0. The van der Waals surface area contributed by atoms with Crippen LogP contribution in [-0.2, 0) is 0 Å². The summed E-state index contributed by atoms with van der Waals surface area (Å²) in [5.74, 6) is 0. The van der Waals surface area contributed by atoms with Crippen LogP contribution in [0, 0.1) is 11.3 Å². The third-order valence-corrected chi connectivity index (χ3v) is 4.10. The molecule has 20 heavy (non-hydrogen) atoms. The Balaban J connectivity index is 1.98. The minimum Gasteiger partial charge on any atom is -0.393 e. The molecule has 0 saturated carbocycles. The summed E-state index contributed by atoms with van der Waals surface area (Å²) in [4.78, 5) is 2.18. The van der Waals surface area contributed by atoms with Crippen LogP contribution >= 0.6 is 0 Å². The van der Waals surface area contributed by atoms with E-state index >= 15 is 0 Å². The van der Waals surface area contributed by atoms with Crippen molar-refractivity contribution in [1.82, 2.24) is 4.90 Å². The molecule has 102 valence electrons. The molecule has 1 N–H and O–H groups in total. The lowest BCUT2D eigenvalue weighted by Gasteiger charge is -2.33. The number of benzene rings is 2. The smallest absolute Gasteiger partial charge is 0.124 e. The maximum absolute atomic E-state index is 9.61. The van der Waals surface area contributed by atoms with Gasteiger partial charge in [0.2, 0.25) is 0 Å². The van der Waals surface area contributed by atoms with Crippen LogP contribution in [0.5, 0.6) is 0 Å². The van der Waals surface area contributed by atoms with Gasteiger partial charge < -0.3 is 5.11 Å². The summed E-state index contributed by atoms with van der Waals surface area (Å²) in [6.45, 7) is 1.56. The molecular weight excluding hydrogens is 248 g/mol. The quantitative estimate of drug-likeness (QED) is 0.909. The number of piperidine rings is 1. The molecule has 3 rings (SSSR count). The number of fused-ring (bicyclic) bond motifs is 1. The monoisotopic (exact) mass is 266 g/mol. The van der Waals surface area contributed by atoms with Gasteiger partial charge in [0.1, 0.15) is 6.04 Å². The zero-order valence-corrected chi connectivity index (χ0v) is 11.4. The Labute approximate surface area is 119 Å².